The molecule has 5 rings (SSSR count). The van der Waals surface area contributed by atoms with Crippen molar-refractivity contribution in [2.45, 2.75) is 45.3 Å². The molecule has 1 aromatic heterocycles. The minimum Gasteiger partial charge on any atom is -0.317 e. The van der Waals surface area contributed by atoms with Crippen LogP contribution < -0.4 is 10.9 Å². The summed E-state index contributed by atoms with van der Waals surface area (Å²) in [6.45, 7) is 5.59. The van der Waals surface area contributed by atoms with E-state index < -0.39 is 0 Å². The van der Waals surface area contributed by atoms with Crippen LogP contribution in [0, 0.1) is 5.41 Å². The van der Waals surface area contributed by atoms with Crippen LogP contribution in [-0.4, -0.2) is 34.1 Å². The van der Waals surface area contributed by atoms with Crippen LogP contribution in [0.2, 0.25) is 0 Å². The van der Waals surface area contributed by atoms with Gasteiger partial charge < -0.3 is 5.32 Å². The van der Waals surface area contributed by atoms with Gasteiger partial charge in [0.1, 0.15) is 5.82 Å². The highest BCUT2D eigenvalue weighted by Crippen LogP contribution is 2.38. The van der Waals surface area contributed by atoms with Crippen molar-refractivity contribution in [1.29, 1.82) is 0 Å². The van der Waals surface area contributed by atoms with E-state index in [1.165, 1.54) is 5.56 Å². The first-order chi connectivity index (χ1) is 12.7. The van der Waals surface area contributed by atoms with Gasteiger partial charge in [-0.3, -0.25) is 14.3 Å². The maximum absolute atomic E-state index is 13.2. The molecule has 0 aliphatic carbocycles. The van der Waals surface area contributed by atoms with Gasteiger partial charge >= 0.3 is 0 Å². The van der Waals surface area contributed by atoms with Crippen molar-refractivity contribution < 1.29 is 0 Å². The molecule has 2 aromatic rings. The number of hydrogen-bond donors (Lipinski definition) is 1. The van der Waals surface area contributed by atoms with Gasteiger partial charge in [0, 0.05) is 39.0 Å². The van der Waals surface area contributed by atoms with Crippen LogP contribution in [0.3, 0.4) is 0 Å². The smallest absolute Gasteiger partial charge is 0.258 e. The topological polar surface area (TPSA) is 50.2 Å². The van der Waals surface area contributed by atoms with E-state index in [9.17, 15) is 4.79 Å². The molecular weight excluding hydrogens is 324 g/mol. The van der Waals surface area contributed by atoms with Crippen LogP contribution >= 0.6 is 0 Å². The van der Waals surface area contributed by atoms with E-state index in [4.69, 9.17) is 4.98 Å². The molecule has 5 heteroatoms. The Morgan fingerprint density at radius 2 is 1.96 bits per heavy atom. The lowest BCUT2D eigenvalue weighted by molar-refractivity contribution is 0.197. The summed E-state index contributed by atoms with van der Waals surface area (Å²) in [5.74, 6) is 1.03. The van der Waals surface area contributed by atoms with E-state index in [0.717, 1.165) is 82.0 Å². The quantitative estimate of drug-likeness (QED) is 0.896. The summed E-state index contributed by atoms with van der Waals surface area (Å²) in [5.41, 5.74) is 3.77. The summed E-state index contributed by atoms with van der Waals surface area (Å²) in [4.78, 5) is 20.5. The molecule has 4 heterocycles. The minimum absolute atomic E-state index is 0.221. The molecule has 0 amide bonds. The molecule has 0 bridgehead atoms. The molecule has 1 N–H and O–H groups in total. The van der Waals surface area contributed by atoms with Crippen molar-refractivity contribution in [1.82, 2.24) is 19.8 Å². The monoisotopic (exact) mass is 350 g/mol. The second-order valence-corrected chi connectivity index (χ2v) is 8.22. The minimum atomic E-state index is 0.221. The second-order valence-electron chi connectivity index (χ2n) is 8.22. The van der Waals surface area contributed by atoms with E-state index in [1.807, 2.05) is 10.6 Å². The van der Waals surface area contributed by atoms with Crippen molar-refractivity contribution in [2.75, 3.05) is 19.6 Å². The third-order valence-corrected chi connectivity index (χ3v) is 6.41. The summed E-state index contributed by atoms with van der Waals surface area (Å²) >= 11 is 0. The molecule has 0 saturated carbocycles. The summed E-state index contributed by atoms with van der Waals surface area (Å²) < 4.78 is 2.00. The Morgan fingerprint density at radius 1 is 1.15 bits per heavy atom. The first-order valence-electron chi connectivity index (χ1n) is 9.81. The molecule has 1 spiro atoms. The normalized spacial score (nSPS) is 21.5. The van der Waals surface area contributed by atoms with Crippen LogP contribution in [0.1, 0.15) is 35.5 Å². The van der Waals surface area contributed by atoms with Gasteiger partial charge in [-0.15, -0.1) is 0 Å². The number of piperidine rings is 1. The van der Waals surface area contributed by atoms with Crippen molar-refractivity contribution in [3.05, 3.63) is 63.3 Å². The molecule has 0 unspecified atom stereocenters. The maximum atomic E-state index is 13.2. The third-order valence-electron chi connectivity index (χ3n) is 6.41. The van der Waals surface area contributed by atoms with Crippen LogP contribution in [0.4, 0.5) is 0 Å². The summed E-state index contributed by atoms with van der Waals surface area (Å²) in [6, 6.07) is 10.5. The highest BCUT2D eigenvalue weighted by molar-refractivity contribution is 5.25. The summed E-state index contributed by atoms with van der Waals surface area (Å²) in [7, 11) is 0. The lowest BCUT2D eigenvalue weighted by Gasteiger charge is -2.32. The highest BCUT2D eigenvalue weighted by atomic mass is 16.1. The van der Waals surface area contributed by atoms with Gasteiger partial charge in [-0.05, 0) is 36.9 Å². The van der Waals surface area contributed by atoms with Crippen molar-refractivity contribution in [3.63, 3.8) is 0 Å². The van der Waals surface area contributed by atoms with Gasteiger partial charge in [-0.25, -0.2) is 4.98 Å². The zero-order chi connectivity index (χ0) is 17.6. The Balaban J connectivity index is 1.41. The first kappa shape index (κ1) is 16.2. The number of fused-ring (bicyclic) bond motifs is 2. The lowest BCUT2D eigenvalue weighted by Crippen LogP contribution is -2.39. The number of aromatic nitrogens is 2. The summed E-state index contributed by atoms with van der Waals surface area (Å²) in [5, 5.41) is 3.45. The molecule has 136 valence electrons. The van der Waals surface area contributed by atoms with Crippen molar-refractivity contribution in [2.24, 2.45) is 5.41 Å². The van der Waals surface area contributed by atoms with Crippen LogP contribution in [0.5, 0.6) is 0 Å². The van der Waals surface area contributed by atoms with E-state index in [0.29, 0.717) is 0 Å². The second kappa shape index (κ2) is 6.32. The first-order valence-corrected chi connectivity index (χ1v) is 9.81. The molecule has 1 aromatic carbocycles. The molecule has 26 heavy (non-hydrogen) atoms. The molecule has 3 aliphatic heterocycles. The Labute approximate surface area is 154 Å². The largest absolute Gasteiger partial charge is 0.317 e. The third kappa shape index (κ3) is 2.79. The van der Waals surface area contributed by atoms with E-state index >= 15 is 0 Å². The van der Waals surface area contributed by atoms with Gasteiger partial charge in [0.2, 0.25) is 0 Å². The fourth-order valence-corrected chi connectivity index (χ4v) is 4.91. The van der Waals surface area contributed by atoms with Crippen molar-refractivity contribution in [3.8, 4) is 0 Å². The molecule has 5 nitrogen and oxygen atoms in total. The zero-order valence-corrected chi connectivity index (χ0v) is 15.2. The SMILES string of the molecule is O=c1c2c(nc3n1CC1(CCNCC1)C3)CCN(Cc1ccccc1)C2. The molecular formula is C21H26N4O. The number of hydrogen-bond acceptors (Lipinski definition) is 4. The lowest BCUT2D eigenvalue weighted by atomic mass is 9.78. The van der Waals surface area contributed by atoms with Gasteiger partial charge in [-0.1, -0.05) is 30.3 Å². The Bertz CT molecular complexity index is 868. The van der Waals surface area contributed by atoms with E-state index in [1.54, 1.807) is 0 Å². The molecule has 1 fully saturated rings. The van der Waals surface area contributed by atoms with Gasteiger partial charge in [0.15, 0.2) is 0 Å². The van der Waals surface area contributed by atoms with Gasteiger partial charge in [0.25, 0.3) is 5.56 Å². The predicted molar refractivity (Wildman–Crippen MR) is 101 cm³/mol. The number of nitrogens with one attached hydrogen (secondary N) is 1. The average molecular weight is 350 g/mol. The number of rotatable bonds is 2. The predicted octanol–water partition coefficient (Wildman–Crippen LogP) is 1.73. The van der Waals surface area contributed by atoms with Crippen molar-refractivity contribution >= 4 is 0 Å². The molecule has 3 aliphatic rings. The molecule has 1 saturated heterocycles. The van der Waals surface area contributed by atoms with Gasteiger partial charge in [-0.2, -0.15) is 0 Å². The molecule has 0 atom stereocenters. The highest BCUT2D eigenvalue weighted by Gasteiger charge is 2.40. The van der Waals surface area contributed by atoms with E-state index in [-0.39, 0.29) is 11.0 Å². The van der Waals surface area contributed by atoms with Crippen LogP contribution in [0.15, 0.2) is 35.1 Å². The number of benzene rings is 1. The van der Waals surface area contributed by atoms with Crippen LogP contribution in [0.25, 0.3) is 0 Å². The molecule has 0 radical (unpaired) electrons. The maximum Gasteiger partial charge on any atom is 0.258 e. The Morgan fingerprint density at radius 3 is 2.77 bits per heavy atom. The fraction of sp³-hybridized carbons (Fsp3) is 0.524. The standard InChI is InChI=1S/C21H26N4O/c26-20-17-14-24(13-16-4-2-1-3-5-16)11-6-18(17)23-19-12-21(15-25(19)20)7-9-22-10-8-21/h1-5,22H,6-15H2. The average Bonchev–Trinajstić information content (AvgIpc) is 3.02. The Kier molecular flexibility index (Phi) is 3.94. The Hall–Kier alpha value is -1.98. The van der Waals surface area contributed by atoms with Crippen LogP contribution in [-0.2, 0) is 32.5 Å². The van der Waals surface area contributed by atoms with Gasteiger partial charge in [0.05, 0.1) is 11.3 Å². The zero-order valence-electron chi connectivity index (χ0n) is 15.2. The summed E-state index contributed by atoms with van der Waals surface area (Å²) in [6.07, 6.45) is 4.17. The van der Waals surface area contributed by atoms with E-state index in [2.05, 4.69) is 34.5 Å². The number of nitrogens with zero attached hydrogens (tertiary/aromatic N) is 3. The fourth-order valence-electron chi connectivity index (χ4n) is 4.91.